The predicted molar refractivity (Wildman–Crippen MR) is 93.5 cm³/mol. The lowest BCUT2D eigenvalue weighted by molar-refractivity contribution is -0.121. The molecule has 0 aliphatic carbocycles. The second-order valence-electron chi connectivity index (χ2n) is 5.22. The van der Waals surface area contributed by atoms with Gasteiger partial charge in [0.15, 0.2) is 5.17 Å². The number of hydrogen-bond donors (Lipinski definition) is 2. The lowest BCUT2D eigenvalue weighted by Gasteiger charge is -2.23. The predicted octanol–water partition coefficient (Wildman–Crippen LogP) is 1.61. The SMILES string of the molecule is CSC(=N)N(c1ccc(C2=NNC(=O)CC2C)cc1)S(C)(=O)=O. The van der Waals surface area contributed by atoms with Crippen LogP contribution in [-0.4, -0.2) is 37.7 Å². The monoisotopic (exact) mass is 354 g/mol. The highest BCUT2D eigenvalue weighted by atomic mass is 32.2. The standard InChI is InChI=1S/C14H18N4O3S2/c1-9-8-12(19)16-17-13(9)10-4-6-11(7-5-10)18(14(15)22-2)23(3,20)21/h4-7,9,15H,8H2,1-3H3,(H,16,19). The molecule has 2 N–H and O–H groups in total. The molecule has 1 aromatic carbocycles. The van der Waals surface area contributed by atoms with Gasteiger partial charge < -0.3 is 0 Å². The van der Waals surface area contributed by atoms with Crippen molar-refractivity contribution in [2.24, 2.45) is 11.0 Å². The first kappa shape index (κ1) is 17.5. The lowest BCUT2D eigenvalue weighted by atomic mass is 9.94. The van der Waals surface area contributed by atoms with Crippen molar-refractivity contribution in [1.29, 1.82) is 5.41 Å². The Morgan fingerprint density at radius 2 is 2.00 bits per heavy atom. The molecule has 1 heterocycles. The molecular weight excluding hydrogens is 336 g/mol. The molecule has 0 fully saturated rings. The Hall–Kier alpha value is -1.87. The molecule has 0 spiro atoms. The first-order valence-electron chi connectivity index (χ1n) is 6.83. The number of thioether (sulfide) groups is 1. The largest absolute Gasteiger partial charge is 0.278 e. The van der Waals surface area contributed by atoms with E-state index in [2.05, 4.69) is 10.5 Å². The number of sulfonamides is 1. The number of amides is 1. The van der Waals surface area contributed by atoms with Gasteiger partial charge in [0.1, 0.15) is 0 Å². The lowest BCUT2D eigenvalue weighted by Crippen LogP contribution is -2.34. The summed E-state index contributed by atoms with van der Waals surface area (Å²) in [6.45, 7) is 1.91. The Morgan fingerprint density at radius 3 is 2.48 bits per heavy atom. The first-order chi connectivity index (χ1) is 10.7. The van der Waals surface area contributed by atoms with Crippen LogP contribution in [0.25, 0.3) is 0 Å². The first-order valence-corrected chi connectivity index (χ1v) is 9.91. The highest BCUT2D eigenvalue weighted by Crippen LogP contribution is 2.24. The van der Waals surface area contributed by atoms with Gasteiger partial charge in [-0.2, -0.15) is 5.10 Å². The Kier molecular flexibility index (Phi) is 5.10. The van der Waals surface area contributed by atoms with Crippen LogP contribution in [0.15, 0.2) is 29.4 Å². The van der Waals surface area contributed by atoms with Crippen LogP contribution < -0.4 is 9.73 Å². The molecule has 0 saturated carbocycles. The molecule has 23 heavy (non-hydrogen) atoms. The molecule has 1 atom stereocenters. The van der Waals surface area contributed by atoms with Gasteiger partial charge in [0.25, 0.3) is 0 Å². The Balaban J connectivity index is 2.35. The van der Waals surface area contributed by atoms with Crippen LogP contribution in [0.3, 0.4) is 0 Å². The molecule has 7 nitrogen and oxygen atoms in total. The summed E-state index contributed by atoms with van der Waals surface area (Å²) in [6, 6.07) is 6.75. The summed E-state index contributed by atoms with van der Waals surface area (Å²) < 4.78 is 24.8. The van der Waals surface area contributed by atoms with Crippen molar-refractivity contribution in [3.05, 3.63) is 29.8 Å². The van der Waals surface area contributed by atoms with Crippen LogP contribution in [-0.2, 0) is 14.8 Å². The summed E-state index contributed by atoms with van der Waals surface area (Å²) in [7, 11) is -3.58. The summed E-state index contributed by atoms with van der Waals surface area (Å²) in [4.78, 5) is 11.3. The molecule has 1 amide bonds. The van der Waals surface area contributed by atoms with Crippen LogP contribution in [0, 0.1) is 11.3 Å². The molecular formula is C14H18N4O3S2. The quantitative estimate of drug-likeness (QED) is 0.636. The fraction of sp³-hybridized carbons (Fsp3) is 0.357. The Bertz CT molecular complexity index is 757. The third-order valence-corrected chi connectivity index (χ3v) is 5.11. The summed E-state index contributed by atoms with van der Waals surface area (Å²) in [5, 5.41) is 11.8. The van der Waals surface area contributed by atoms with Gasteiger partial charge in [-0.05, 0) is 24.0 Å². The minimum atomic E-state index is -3.58. The highest BCUT2D eigenvalue weighted by Gasteiger charge is 2.24. The Labute approximate surface area is 139 Å². The van der Waals surface area contributed by atoms with Crippen LogP contribution >= 0.6 is 11.8 Å². The number of nitrogens with one attached hydrogen (secondary N) is 2. The molecule has 0 saturated heterocycles. The zero-order valence-electron chi connectivity index (χ0n) is 13.0. The maximum Gasteiger partial charge on any atom is 0.240 e. The molecule has 1 unspecified atom stereocenters. The van der Waals surface area contributed by atoms with Gasteiger partial charge in [-0.3, -0.25) is 10.2 Å². The number of nitrogens with zero attached hydrogens (tertiary/aromatic N) is 2. The van der Waals surface area contributed by atoms with E-state index < -0.39 is 10.0 Å². The van der Waals surface area contributed by atoms with E-state index in [1.165, 1.54) is 0 Å². The summed E-state index contributed by atoms with van der Waals surface area (Å²) in [5.74, 6) is -0.125. The van der Waals surface area contributed by atoms with E-state index in [0.717, 1.165) is 33.6 Å². The van der Waals surface area contributed by atoms with Gasteiger partial charge in [-0.1, -0.05) is 30.8 Å². The zero-order valence-corrected chi connectivity index (χ0v) is 14.7. The number of carbonyl (C=O) groups excluding carboxylic acids is 1. The maximum absolute atomic E-state index is 11.9. The topological polar surface area (TPSA) is 103 Å². The Morgan fingerprint density at radius 1 is 1.39 bits per heavy atom. The number of anilines is 1. The van der Waals surface area contributed by atoms with E-state index in [0.29, 0.717) is 12.1 Å². The average Bonchev–Trinajstić information content (AvgIpc) is 2.47. The third-order valence-electron chi connectivity index (χ3n) is 3.37. The van der Waals surface area contributed by atoms with Gasteiger partial charge in [-0.25, -0.2) is 18.1 Å². The fourth-order valence-corrected chi connectivity index (χ4v) is 4.02. The smallest absolute Gasteiger partial charge is 0.240 e. The molecule has 9 heteroatoms. The summed E-state index contributed by atoms with van der Waals surface area (Å²) in [6.07, 6.45) is 3.08. The van der Waals surface area contributed by atoms with Crippen molar-refractivity contribution in [3.8, 4) is 0 Å². The molecule has 0 aromatic heterocycles. The van der Waals surface area contributed by atoms with Crippen molar-refractivity contribution in [2.45, 2.75) is 13.3 Å². The molecule has 1 aliphatic heterocycles. The van der Waals surface area contributed by atoms with Crippen LogP contribution in [0.5, 0.6) is 0 Å². The minimum absolute atomic E-state index is 0.00916. The highest BCUT2D eigenvalue weighted by molar-refractivity contribution is 8.15. The summed E-state index contributed by atoms with van der Waals surface area (Å²) in [5.41, 5.74) is 4.41. The fourth-order valence-electron chi connectivity index (χ4n) is 2.31. The number of hydrazone groups is 1. The van der Waals surface area contributed by atoms with Crippen molar-refractivity contribution in [2.75, 3.05) is 16.8 Å². The van der Waals surface area contributed by atoms with Crippen molar-refractivity contribution >= 4 is 44.3 Å². The zero-order chi connectivity index (χ0) is 17.2. The number of benzene rings is 1. The number of amidine groups is 1. The number of hydrogen-bond acceptors (Lipinski definition) is 6. The summed E-state index contributed by atoms with van der Waals surface area (Å²) >= 11 is 1.05. The van der Waals surface area contributed by atoms with Crippen LogP contribution in [0.2, 0.25) is 0 Å². The van der Waals surface area contributed by atoms with E-state index in [1.807, 2.05) is 6.92 Å². The van der Waals surface area contributed by atoms with E-state index in [1.54, 1.807) is 30.5 Å². The molecule has 2 rings (SSSR count). The second kappa shape index (κ2) is 6.71. The van der Waals surface area contributed by atoms with Gasteiger partial charge in [0.05, 0.1) is 17.7 Å². The normalized spacial score (nSPS) is 18.1. The molecule has 1 aliphatic rings. The van der Waals surface area contributed by atoms with E-state index in [-0.39, 0.29) is 17.0 Å². The van der Waals surface area contributed by atoms with Gasteiger partial charge in [0, 0.05) is 12.3 Å². The van der Waals surface area contributed by atoms with E-state index >= 15 is 0 Å². The van der Waals surface area contributed by atoms with Gasteiger partial charge in [0.2, 0.25) is 15.9 Å². The molecule has 0 radical (unpaired) electrons. The molecule has 124 valence electrons. The van der Waals surface area contributed by atoms with Crippen molar-refractivity contribution in [1.82, 2.24) is 5.43 Å². The van der Waals surface area contributed by atoms with E-state index in [9.17, 15) is 13.2 Å². The molecule has 1 aromatic rings. The van der Waals surface area contributed by atoms with Crippen LogP contribution in [0.1, 0.15) is 18.9 Å². The van der Waals surface area contributed by atoms with Crippen LogP contribution in [0.4, 0.5) is 5.69 Å². The van der Waals surface area contributed by atoms with Gasteiger partial charge in [-0.15, -0.1) is 0 Å². The van der Waals surface area contributed by atoms with Crippen molar-refractivity contribution < 1.29 is 13.2 Å². The van der Waals surface area contributed by atoms with Gasteiger partial charge >= 0.3 is 0 Å². The number of carbonyl (C=O) groups is 1. The second-order valence-corrected chi connectivity index (χ2v) is 7.85. The number of rotatable bonds is 3. The molecule has 0 bridgehead atoms. The van der Waals surface area contributed by atoms with Crippen molar-refractivity contribution in [3.63, 3.8) is 0 Å². The third kappa shape index (κ3) is 3.91. The van der Waals surface area contributed by atoms with E-state index in [4.69, 9.17) is 5.41 Å². The average molecular weight is 354 g/mol. The minimum Gasteiger partial charge on any atom is -0.278 e. The maximum atomic E-state index is 11.9.